The van der Waals surface area contributed by atoms with Gasteiger partial charge < -0.3 is 9.26 Å². The van der Waals surface area contributed by atoms with Gasteiger partial charge in [0.15, 0.2) is 6.79 Å². The maximum Gasteiger partial charge on any atom is 0.400 e. The highest BCUT2D eigenvalue weighted by Crippen LogP contribution is 2.48. The molecule has 2 aromatic carbocycles. The van der Waals surface area contributed by atoms with Crippen LogP contribution in [0.2, 0.25) is 0 Å². The summed E-state index contributed by atoms with van der Waals surface area (Å²) in [7, 11) is -1.43. The van der Waals surface area contributed by atoms with E-state index in [1.54, 1.807) is 0 Å². The van der Waals surface area contributed by atoms with Crippen LogP contribution in [-0.4, -0.2) is 6.79 Å². The normalized spacial score (nSPS) is 20.1. The molecule has 1 saturated carbocycles. The fourth-order valence-corrected chi connectivity index (χ4v) is 4.44. The summed E-state index contributed by atoms with van der Waals surface area (Å²) in [6, 6.07) is 14.4. The second kappa shape index (κ2) is 8.18. The first-order chi connectivity index (χ1) is 13.1. The average Bonchev–Trinajstić information content (AvgIpc) is 3.52. The Labute approximate surface area is 162 Å². The molecule has 5 heteroatoms. The molecule has 2 aliphatic rings. The predicted octanol–water partition coefficient (Wildman–Crippen LogP) is 6.51. The predicted molar refractivity (Wildman–Crippen MR) is 107 cm³/mol. The van der Waals surface area contributed by atoms with Gasteiger partial charge in [-0.2, -0.15) is 0 Å². The first kappa shape index (κ1) is 18.7. The molecular formula is C22H27O4P. The van der Waals surface area contributed by atoms with Gasteiger partial charge in [0.25, 0.3) is 0 Å². The summed E-state index contributed by atoms with van der Waals surface area (Å²) in [5.74, 6) is 3.49. The van der Waals surface area contributed by atoms with Crippen molar-refractivity contribution < 1.29 is 18.3 Å². The van der Waals surface area contributed by atoms with E-state index in [0.29, 0.717) is 18.4 Å². The van der Waals surface area contributed by atoms with Crippen LogP contribution in [0.25, 0.3) is 0 Å². The van der Waals surface area contributed by atoms with Gasteiger partial charge in [0.05, 0.1) is 6.61 Å². The van der Waals surface area contributed by atoms with Crippen molar-refractivity contribution in [3.63, 3.8) is 0 Å². The first-order valence-corrected chi connectivity index (χ1v) is 10.8. The molecule has 27 heavy (non-hydrogen) atoms. The summed E-state index contributed by atoms with van der Waals surface area (Å²) in [5.41, 5.74) is 3.56. The molecule has 2 atom stereocenters. The molecule has 1 aliphatic carbocycles. The zero-order chi connectivity index (χ0) is 18.8. The van der Waals surface area contributed by atoms with E-state index in [0.717, 1.165) is 23.0 Å². The Kier molecular flexibility index (Phi) is 5.68. The number of hydrogen-bond donors (Lipinski definition) is 0. The third-order valence-electron chi connectivity index (χ3n) is 5.35. The van der Waals surface area contributed by atoms with E-state index in [1.165, 1.54) is 24.0 Å². The van der Waals surface area contributed by atoms with Crippen molar-refractivity contribution in [2.45, 2.75) is 52.1 Å². The highest BCUT2D eigenvalue weighted by molar-refractivity contribution is 7.42. The third kappa shape index (κ3) is 4.29. The van der Waals surface area contributed by atoms with Crippen LogP contribution < -0.4 is 9.26 Å². The molecular weight excluding hydrogens is 359 g/mol. The Hall–Kier alpha value is -1.61. The lowest BCUT2D eigenvalue weighted by Crippen LogP contribution is -2.11. The van der Waals surface area contributed by atoms with Crippen LogP contribution in [0.3, 0.4) is 0 Å². The van der Waals surface area contributed by atoms with Crippen molar-refractivity contribution in [2.24, 2.45) is 5.92 Å². The van der Waals surface area contributed by atoms with E-state index in [-0.39, 0.29) is 6.79 Å². The minimum Gasteiger partial charge on any atom is -0.466 e. The highest BCUT2D eigenvalue weighted by Gasteiger charge is 2.31. The minimum atomic E-state index is -1.43. The van der Waals surface area contributed by atoms with Crippen molar-refractivity contribution in [3.05, 3.63) is 59.2 Å². The lowest BCUT2D eigenvalue weighted by molar-refractivity contribution is 0.0851. The maximum atomic E-state index is 6.15. The SMILES string of the molecule is CC(C)c1cccc([C@H](C)C2CC2)c1OCOP1OCc2ccccc2O1. The van der Waals surface area contributed by atoms with Crippen molar-refractivity contribution in [3.8, 4) is 11.5 Å². The summed E-state index contributed by atoms with van der Waals surface area (Å²) in [4.78, 5) is 0. The Morgan fingerprint density at radius 1 is 1.04 bits per heavy atom. The Morgan fingerprint density at radius 2 is 1.81 bits per heavy atom. The number of ether oxygens (including phenoxy) is 1. The lowest BCUT2D eigenvalue weighted by Gasteiger charge is -2.25. The molecule has 2 aromatic rings. The summed E-state index contributed by atoms with van der Waals surface area (Å²) < 4.78 is 23.4. The number of hydrogen-bond acceptors (Lipinski definition) is 4. The minimum absolute atomic E-state index is 0.127. The van der Waals surface area contributed by atoms with E-state index in [4.69, 9.17) is 18.3 Å². The third-order valence-corrected chi connectivity index (χ3v) is 6.35. The van der Waals surface area contributed by atoms with Crippen LogP contribution in [0.4, 0.5) is 0 Å². The Balaban J connectivity index is 1.43. The van der Waals surface area contributed by atoms with Crippen LogP contribution in [0, 0.1) is 5.92 Å². The quantitative estimate of drug-likeness (QED) is 0.401. The average molecular weight is 386 g/mol. The summed E-state index contributed by atoms with van der Waals surface area (Å²) >= 11 is 0. The molecule has 0 amide bonds. The number of benzene rings is 2. The van der Waals surface area contributed by atoms with Crippen LogP contribution in [0.1, 0.15) is 62.1 Å². The van der Waals surface area contributed by atoms with Crippen molar-refractivity contribution >= 4 is 8.60 Å². The molecule has 0 saturated heterocycles. The zero-order valence-corrected chi connectivity index (χ0v) is 17.1. The van der Waals surface area contributed by atoms with Crippen molar-refractivity contribution in [1.29, 1.82) is 0 Å². The summed E-state index contributed by atoms with van der Waals surface area (Å²) in [6.07, 6.45) is 2.63. The fourth-order valence-electron chi connectivity index (χ4n) is 3.54. The largest absolute Gasteiger partial charge is 0.466 e. The molecule has 0 bridgehead atoms. The van der Waals surface area contributed by atoms with Crippen LogP contribution in [0.5, 0.6) is 11.5 Å². The zero-order valence-electron chi connectivity index (χ0n) is 16.2. The van der Waals surface area contributed by atoms with Gasteiger partial charge in [0.2, 0.25) is 0 Å². The van der Waals surface area contributed by atoms with E-state index >= 15 is 0 Å². The standard InChI is InChI=1S/C22H27O4P/c1-15(2)19-8-6-9-20(16(3)17-11-12-17)22(19)23-14-25-27-24-13-18-7-4-5-10-21(18)26-27/h4-10,15-17H,11-14H2,1-3H3/t16-,27?/m1/s1. The number of fused-ring (bicyclic) bond motifs is 1. The molecule has 1 aliphatic heterocycles. The molecule has 0 N–H and O–H groups in total. The van der Waals surface area contributed by atoms with Gasteiger partial charge in [-0.1, -0.05) is 57.2 Å². The summed E-state index contributed by atoms with van der Waals surface area (Å²) in [6.45, 7) is 7.33. The van der Waals surface area contributed by atoms with Gasteiger partial charge in [-0.05, 0) is 47.8 Å². The van der Waals surface area contributed by atoms with Crippen molar-refractivity contribution in [2.75, 3.05) is 6.79 Å². The molecule has 4 nitrogen and oxygen atoms in total. The summed E-state index contributed by atoms with van der Waals surface area (Å²) in [5, 5.41) is 0. The van der Waals surface area contributed by atoms with Gasteiger partial charge in [0, 0.05) is 5.56 Å². The molecule has 4 rings (SSSR count). The fraction of sp³-hybridized carbons (Fsp3) is 0.455. The highest BCUT2D eigenvalue weighted by atomic mass is 31.2. The second-order valence-corrected chi connectivity index (χ2v) is 8.78. The molecule has 1 heterocycles. The van der Waals surface area contributed by atoms with Crippen LogP contribution in [0.15, 0.2) is 42.5 Å². The number of rotatable bonds is 7. The van der Waals surface area contributed by atoms with E-state index in [9.17, 15) is 0 Å². The number of para-hydroxylation sites is 2. The Morgan fingerprint density at radius 3 is 2.59 bits per heavy atom. The van der Waals surface area contributed by atoms with Gasteiger partial charge in [-0.15, -0.1) is 0 Å². The van der Waals surface area contributed by atoms with E-state index in [2.05, 4.69) is 39.0 Å². The molecule has 144 valence electrons. The smallest absolute Gasteiger partial charge is 0.400 e. The van der Waals surface area contributed by atoms with Gasteiger partial charge >= 0.3 is 8.60 Å². The maximum absolute atomic E-state index is 6.15. The Bertz CT molecular complexity index is 788. The van der Waals surface area contributed by atoms with Gasteiger partial charge in [0.1, 0.15) is 11.5 Å². The van der Waals surface area contributed by atoms with E-state index in [1.807, 2.05) is 24.3 Å². The molecule has 1 fully saturated rings. The van der Waals surface area contributed by atoms with Crippen LogP contribution >= 0.6 is 8.60 Å². The topological polar surface area (TPSA) is 36.9 Å². The van der Waals surface area contributed by atoms with Crippen molar-refractivity contribution in [1.82, 2.24) is 0 Å². The first-order valence-electron chi connectivity index (χ1n) is 9.71. The van der Waals surface area contributed by atoms with E-state index < -0.39 is 8.60 Å². The monoisotopic (exact) mass is 386 g/mol. The molecule has 1 unspecified atom stereocenters. The second-order valence-electron chi connectivity index (χ2n) is 7.63. The van der Waals surface area contributed by atoms with Gasteiger partial charge in [-0.3, -0.25) is 9.05 Å². The molecule has 0 radical (unpaired) electrons. The molecule has 0 aromatic heterocycles. The lowest BCUT2D eigenvalue weighted by atomic mass is 9.90. The van der Waals surface area contributed by atoms with Crippen LogP contribution in [-0.2, 0) is 15.7 Å². The molecule has 0 spiro atoms. The van der Waals surface area contributed by atoms with Gasteiger partial charge in [-0.25, -0.2) is 0 Å².